The van der Waals surface area contributed by atoms with Gasteiger partial charge in [0, 0.05) is 37.9 Å². The Morgan fingerprint density at radius 3 is 2.77 bits per heavy atom. The highest BCUT2D eigenvalue weighted by Gasteiger charge is 2.25. The molecule has 2 heterocycles. The second-order valence-electron chi connectivity index (χ2n) is 6.04. The van der Waals surface area contributed by atoms with Crippen molar-refractivity contribution >= 4 is 5.69 Å². The van der Waals surface area contributed by atoms with Crippen molar-refractivity contribution in [1.29, 1.82) is 0 Å². The molecule has 1 unspecified atom stereocenters. The summed E-state index contributed by atoms with van der Waals surface area (Å²) < 4.78 is 1.99. The molecule has 118 valence electrons. The van der Waals surface area contributed by atoms with E-state index in [2.05, 4.69) is 64.9 Å². The molecule has 22 heavy (non-hydrogen) atoms. The Hall–Kier alpha value is -1.88. The molecule has 0 spiro atoms. The number of rotatable bonds is 4. The number of aromatic nitrogens is 3. The lowest BCUT2D eigenvalue weighted by atomic mass is 10.1. The van der Waals surface area contributed by atoms with E-state index >= 15 is 0 Å². The largest absolute Gasteiger partial charge is 0.368 e. The molecule has 1 fully saturated rings. The van der Waals surface area contributed by atoms with Crippen LogP contribution in [0.2, 0.25) is 0 Å². The highest BCUT2D eigenvalue weighted by atomic mass is 15.4. The fraction of sp³-hybridized carbons (Fsp3) is 0.529. The van der Waals surface area contributed by atoms with Gasteiger partial charge in [0.05, 0.1) is 6.54 Å². The van der Waals surface area contributed by atoms with E-state index < -0.39 is 0 Å². The van der Waals surface area contributed by atoms with E-state index in [0.29, 0.717) is 6.04 Å². The van der Waals surface area contributed by atoms with Gasteiger partial charge in [0.15, 0.2) is 0 Å². The number of hydrogen-bond acceptors (Lipinski definition) is 4. The highest BCUT2D eigenvalue weighted by Crippen LogP contribution is 2.23. The van der Waals surface area contributed by atoms with Gasteiger partial charge in [-0.25, -0.2) is 9.67 Å². The number of benzene rings is 1. The van der Waals surface area contributed by atoms with Crippen molar-refractivity contribution in [3.05, 3.63) is 42.0 Å². The summed E-state index contributed by atoms with van der Waals surface area (Å²) in [5.74, 6) is 1.07. The third kappa shape index (κ3) is 2.99. The van der Waals surface area contributed by atoms with Gasteiger partial charge in [-0.15, -0.1) is 0 Å². The predicted octanol–water partition coefficient (Wildman–Crippen LogP) is 2.32. The maximum absolute atomic E-state index is 4.40. The zero-order valence-electron chi connectivity index (χ0n) is 13.7. The van der Waals surface area contributed by atoms with Crippen LogP contribution in [-0.2, 0) is 13.1 Å². The molecular formula is C17H25N5. The molecule has 1 aromatic heterocycles. The third-order valence-corrected chi connectivity index (χ3v) is 4.56. The van der Waals surface area contributed by atoms with Crippen molar-refractivity contribution in [3.63, 3.8) is 0 Å². The highest BCUT2D eigenvalue weighted by molar-refractivity contribution is 5.53. The Kier molecular flexibility index (Phi) is 4.43. The lowest BCUT2D eigenvalue weighted by Gasteiger charge is -2.41. The Morgan fingerprint density at radius 2 is 2.05 bits per heavy atom. The van der Waals surface area contributed by atoms with E-state index in [1.807, 2.05) is 4.68 Å². The zero-order valence-corrected chi connectivity index (χ0v) is 13.7. The number of anilines is 1. The Morgan fingerprint density at radius 1 is 1.23 bits per heavy atom. The molecule has 0 aliphatic carbocycles. The van der Waals surface area contributed by atoms with Crippen LogP contribution in [0, 0.1) is 6.92 Å². The molecule has 1 atom stereocenters. The zero-order chi connectivity index (χ0) is 15.5. The van der Waals surface area contributed by atoms with Crippen molar-refractivity contribution in [2.75, 3.05) is 24.5 Å². The van der Waals surface area contributed by atoms with Gasteiger partial charge < -0.3 is 4.90 Å². The minimum atomic E-state index is 0.510. The van der Waals surface area contributed by atoms with Crippen molar-refractivity contribution < 1.29 is 0 Å². The summed E-state index contributed by atoms with van der Waals surface area (Å²) in [4.78, 5) is 9.41. The summed E-state index contributed by atoms with van der Waals surface area (Å²) in [5.41, 5.74) is 2.72. The van der Waals surface area contributed by atoms with Crippen LogP contribution >= 0.6 is 0 Å². The maximum atomic E-state index is 4.40. The predicted molar refractivity (Wildman–Crippen MR) is 89.0 cm³/mol. The van der Waals surface area contributed by atoms with Crippen LogP contribution in [-0.4, -0.2) is 45.3 Å². The van der Waals surface area contributed by atoms with Gasteiger partial charge in [0.25, 0.3) is 0 Å². The molecule has 0 N–H and O–H groups in total. The first-order chi connectivity index (χ1) is 10.7. The Bertz CT molecular complexity index is 621. The smallest absolute Gasteiger partial charge is 0.141 e. The summed E-state index contributed by atoms with van der Waals surface area (Å²) in [7, 11) is 0. The molecule has 1 aliphatic heterocycles. The van der Waals surface area contributed by atoms with Crippen molar-refractivity contribution in [2.45, 2.75) is 39.9 Å². The summed E-state index contributed by atoms with van der Waals surface area (Å²) in [6.07, 6.45) is 1.66. The molecular weight excluding hydrogens is 274 g/mol. The van der Waals surface area contributed by atoms with Crippen LogP contribution in [0.3, 0.4) is 0 Å². The van der Waals surface area contributed by atoms with Gasteiger partial charge >= 0.3 is 0 Å². The first-order valence-corrected chi connectivity index (χ1v) is 8.10. The van der Waals surface area contributed by atoms with Crippen molar-refractivity contribution in [2.24, 2.45) is 0 Å². The first-order valence-electron chi connectivity index (χ1n) is 8.10. The molecule has 0 saturated carbocycles. The Balaban J connectivity index is 1.67. The minimum Gasteiger partial charge on any atom is -0.368 e. The van der Waals surface area contributed by atoms with Gasteiger partial charge in [-0.3, -0.25) is 4.90 Å². The number of piperazine rings is 1. The molecule has 0 amide bonds. The SMILES string of the molecule is CCn1ncnc1CN1CCN(c2ccccc2C)CC1C. The van der Waals surface area contributed by atoms with Gasteiger partial charge in [-0.1, -0.05) is 18.2 Å². The Labute approximate surface area is 132 Å². The lowest BCUT2D eigenvalue weighted by Crippen LogP contribution is -2.51. The van der Waals surface area contributed by atoms with Crippen LogP contribution in [0.1, 0.15) is 25.2 Å². The van der Waals surface area contributed by atoms with Crippen LogP contribution < -0.4 is 4.90 Å². The number of para-hydroxylation sites is 1. The summed E-state index contributed by atoms with van der Waals surface area (Å²) >= 11 is 0. The molecule has 2 aromatic rings. The fourth-order valence-electron chi connectivity index (χ4n) is 3.22. The van der Waals surface area contributed by atoms with Crippen molar-refractivity contribution in [1.82, 2.24) is 19.7 Å². The maximum Gasteiger partial charge on any atom is 0.141 e. The topological polar surface area (TPSA) is 37.2 Å². The number of nitrogens with zero attached hydrogens (tertiary/aromatic N) is 5. The van der Waals surface area contributed by atoms with Crippen molar-refractivity contribution in [3.8, 4) is 0 Å². The average Bonchev–Trinajstić information content (AvgIpc) is 2.97. The molecule has 5 heteroatoms. The average molecular weight is 299 g/mol. The minimum absolute atomic E-state index is 0.510. The summed E-state index contributed by atoms with van der Waals surface area (Å²) in [5, 5.41) is 4.27. The standard InChI is InChI=1S/C17H25N5/c1-4-22-17(18-13-19-22)12-20-9-10-21(11-15(20)3)16-8-6-5-7-14(16)2/h5-8,13,15H,4,9-12H2,1-3H3. The molecule has 1 saturated heterocycles. The third-order valence-electron chi connectivity index (χ3n) is 4.56. The first kappa shape index (κ1) is 15.0. The van der Waals surface area contributed by atoms with Crippen LogP contribution in [0.25, 0.3) is 0 Å². The second-order valence-corrected chi connectivity index (χ2v) is 6.04. The lowest BCUT2D eigenvalue weighted by molar-refractivity contribution is 0.173. The molecule has 3 rings (SSSR count). The van der Waals surface area contributed by atoms with E-state index in [0.717, 1.165) is 38.5 Å². The molecule has 1 aromatic carbocycles. The molecule has 1 aliphatic rings. The van der Waals surface area contributed by atoms with Gasteiger partial charge in [-0.05, 0) is 32.4 Å². The molecule has 5 nitrogen and oxygen atoms in total. The number of hydrogen-bond donors (Lipinski definition) is 0. The van der Waals surface area contributed by atoms with E-state index in [-0.39, 0.29) is 0 Å². The van der Waals surface area contributed by atoms with E-state index in [9.17, 15) is 0 Å². The number of aryl methyl sites for hydroxylation is 2. The monoisotopic (exact) mass is 299 g/mol. The summed E-state index contributed by atoms with van der Waals surface area (Å²) in [6, 6.07) is 9.16. The van der Waals surface area contributed by atoms with Gasteiger partial charge in [-0.2, -0.15) is 5.10 Å². The normalized spacial score (nSPS) is 19.6. The molecule has 0 radical (unpaired) electrons. The summed E-state index contributed by atoms with van der Waals surface area (Å²) in [6.45, 7) is 11.6. The fourth-order valence-corrected chi connectivity index (χ4v) is 3.22. The van der Waals surface area contributed by atoms with E-state index in [1.165, 1.54) is 11.3 Å². The van der Waals surface area contributed by atoms with Gasteiger partial charge in [0.2, 0.25) is 0 Å². The van der Waals surface area contributed by atoms with Crippen LogP contribution in [0.15, 0.2) is 30.6 Å². The van der Waals surface area contributed by atoms with Crippen LogP contribution in [0.5, 0.6) is 0 Å². The van der Waals surface area contributed by atoms with Gasteiger partial charge in [0.1, 0.15) is 12.2 Å². The second kappa shape index (κ2) is 6.48. The molecule has 0 bridgehead atoms. The van der Waals surface area contributed by atoms with Crippen LogP contribution in [0.4, 0.5) is 5.69 Å². The van der Waals surface area contributed by atoms with E-state index in [1.54, 1.807) is 6.33 Å². The van der Waals surface area contributed by atoms with E-state index in [4.69, 9.17) is 0 Å². The quantitative estimate of drug-likeness (QED) is 0.868.